The molecule has 1 aromatic heterocycles. The molecule has 6 aliphatic rings. The Balaban J connectivity index is 0.968. The lowest BCUT2D eigenvalue weighted by molar-refractivity contribution is -0.337. The van der Waals surface area contributed by atoms with Crippen molar-refractivity contribution in [2.75, 3.05) is 67.0 Å². The van der Waals surface area contributed by atoms with Crippen LogP contribution in [-0.2, 0) is 99.1 Å². The van der Waals surface area contributed by atoms with Crippen molar-refractivity contribution in [2.24, 2.45) is 11.7 Å². The molecule has 2 bridgehead atoms. The summed E-state index contributed by atoms with van der Waals surface area (Å²) in [5.74, 6) is 7.32. The highest BCUT2D eigenvalue weighted by atomic mass is 127. The van der Waals surface area contributed by atoms with Crippen molar-refractivity contribution in [1.29, 1.82) is 0 Å². The van der Waals surface area contributed by atoms with E-state index in [0.717, 1.165) is 30.3 Å². The number of Topliss-reactive ketones (excluding diaryl/α,β-unsaturated/α-hetero) is 2. The number of thioether (sulfide) groups is 3. The number of aryl methyl sites for hydroxylation is 1. The van der Waals surface area contributed by atoms with E-state index in [-0.39, 0.29) is 77.9 Å². The number of primary amides is 1. The number of alkyl carbamates (subject to hydrolysis) is 1. The predicted octanol–water partition coefficient (Wildman–Crippen LogP) is 3.25. The van der Waals surface area contributed by atoms with Crippen LogP contribution in [-0.4, -0.2) is 291 Å². The van der Waals surface area contributed by atoms with Gasteiger partial charge < -0.3 is 98.3 Å². The third-order valence-corrected chi connectivity index (χ3v) is 27.8. The van der Waals surface area contributed by atoms with Gasteiger partial charge in [0.05, 0.1) is 121 Å². The predicted molar refractivity (Wildman–Crippen MR) is 459 cm³/mol. The number of hydrogen-bond donors (Lipinski definition) is 11. The van der Waals surface area contributed by atoms with E-state index in [1.54, 1.807) is 87.6 Å². The number of methoxy groups -OCH3 is 5. The molecule has 0 spiro atoms. The zero-order valence-corrected chi connectivity index (χ0v) is 76.9. The largest absolute Gasteiger partial charge is 0.492 e. The highest BCUT2D eigenvalue weighted by Crippen LogP contribution is 2.50. The van der Waals surface area contributed by atoms with Gasteiger partial charge in [-0.15, -0.1) is 5.10 Å². The third kappa shape index (κ3) is 26.0. The first kappa shape index (κ1) is 101. The molecule has 12 N–H and O–H groups in total. The normalized spacial score (nSPS) is 28.8. The van der Waals surface area contributed by atoms with Crippen LogP contribution < -0.4 is 46.9 Å². The van der Waals surface area contributed by atoms with Crippen molar-refractivity contribution in [1.82, 2.24) is 46.9 Å². The van der Waals surface area contributed by atoms with Gasteiger partial charge in [-0.05, 0) is 108 Å². The summed E-state index contributed by atoms with van der Waals surface area (Å²) in [5, 5.41) is 71.4. The highest BCUT2D eigenvalue weighted by molar-refractivity contribution is 14.1. The number of rotatable bonds is 39. The van der Waals surface area contributed by atoms with E-state index in [1.807, 2.05) is 35.1 Å². The van der Waals surface area contributed by atoms with Gasteiger partial charge in [0.1, 0.15) is 36.6 Å². The molecule has 5 heterocycles. The Hall–Kier alpha value is -6.39. The molecule has 122 heavy (non-hydrogen) atoms. The molecule has 8 rings (SSSR count). The molecule has 2 aliphatic carbocycles. The van der Waals surface area contributed by atoms with E-state index in [9.17, 15) is 68.7 Å². The van der Waals surface area contributed by atoms with E-state index in [0.29, 0.717) is 40.1 Å². The number of likely N-dealkylation sites (N-methyl/N-ethyl adjacent to an activating group) is 1. The fourth-order valence-corrected chi connectivity index (χ4v) is 19.8. The quantitative estimate of drug-likeness (QED) is 0.0150. The first-order chi connectivity index (χ1) is 57.9. The molecule has 1 aromatic carbocycles. The van der Waals surface area contributed by atoms with E-state index in [1.165, 1.54) is 76.0 Å². The molecule has 6 amide bonds. The number of allylic oxidation sites excluding steroid dienone is 3. The van der Waals surface area contributed by atoms with Crippen LogP contribution in [0.25, 0.3) is 0 Å². The van der Waals surface area contributed by atoms with Crippen molar-refractivity contribution >= 4 is 132 Å². The molecule has 4 saturated heterocycles. The number of nitrogens with two attached hydrogens (primary N) is 1. The van der Waals surface area contributed by atoms with E-state index in [2.05, 4.69) is 61.0 Å². The molecule has 37 nitrogen and oxygen atoms in total. The zero-order valence-electron chi connectivity index (χ0n) is 70.7. The molecule has 4 fully saturated rings. The van der Waals surface area contributed by atoms with E-state index < -0.39 is 203 Å². The number of amides is 6. The van der Waals surface area contributed by atoms with Crippen molar-refractivity contribution in [3.8, 4) is 40.9 Å². The number of ketones is 2. The fraction of sp³-hybridized carbons (Fsp3) is 0.658. The van der Waals surface area contributed by atoms with Crippen molar-refractivity contribution in [3.05, 3.63) is 61.2 Å². The van der Waals surface area contributed by atoms with Crippen molar-refractivity contribution < 1.29 is 130 Å². The number of carbonyl (C=O) groups excluding carboxylic acids is 9. The van der Waals surface area contributed by atoms with Crippen molar-refractivity contribution in [2.45, 2.75) is 258 Å². The standard InChI is InChI=1S/C79H111IN10O27S5/c1-17-89(43(7)91)47-35-110-57(32-53(47)105-10)115-70-65(99)62(87-117-58-31-50(93)72(42(6)111-58)121-74(102)59-39(3)61(80)68(71(108-13)67(59)106-11)116-75-66(100)69(107-12)64(98)41(5)113-75)40(4)112-76(70)114-52-23-20-18-19-21-26-79(104)33-51(94)63(83-77(103)109-14)60(52)44(79)25-28-120-122-78(8,9)34-56(97)85-86-73(101)38(2)29-49(92)45(30-54(81)95)82-55(96)24-22-27-90-48(37-119-16)46(36-118-15)84-88-90/h18-19,25,38,40-42,45,47,50,52-53,57-58,62,64-66,69-70,72,75-76,87,93,98-100,104H,17,22,24,27-37H2,1-16H3,(H2,81,95)(H,82,96)(H,83,103)(H,85,97)(H,86,101)/b19-18-,44-25+/t38-,40?,41?,42?,45+,47?,50?,52+,53?,57?,58?,62?,64?,65?,66?,69?,70?,72?,75?,76?,79+/m1/s1. The van der Waals surface area contributed by atoms with Gasteiger partial charge in [-0.25, -0.2) is 9.48 Å². The number of aliphatic hydroxyl groups is 5. The second-order valence-corrected chi connectivity index (χ2v) is 37.1. The molecule has 17 unspecified atom stereocenters. The molecule has 21 atom stereocenters. The van der Waals surface area contributed by atoms with Crippen LogP contribution >= 0.6 is 79.5 Å². The Morgan fingerprint density at radius 3 is 2.21 bits per heavy atom. The van der Waals surface area contributed by atoms with Crippen LogP contribution in [0.4, 0.5) is 4.79 Å². The number of benzene rings is 1. The van der Waals surface area contributed by atoms with E-state index in [4.69, 9.17) is 67.4 Å². The topological polar surface area (TPSA) is 495 Å². The molecule has 43 heteroatoms. The number of hydrogen-bond acceptors (Lipinski definition) is 35. The van der Waals surface area contributed by atoms with Gasteiger partial charge in [-0.1, -0.05) is 75.2 Å². The van der Waals surface area contributed by atoms with Crippen molar-refractivity contribution in [3.63, 3.8) is 0 Å². The fourth-order valence-electron chi connectivity index (χ4n) is 14.6. The van der Waals surface area contributed by atoms with Gasteiger partial charge >= 0.3 is 6.09 Å². The van der Waals surface area contributed by atoms with Gasteiger partial charge in [0.15, 0.2) is 47.5 Å². The highest BCUT2D eigenvalue weighted by Gasteiger charge is 2.53. The lowest BCUT2D eigenvalue weighted by Gasteiger charge is -2.47. The summed E-state index contributed by atoms with van der Waals surface area (Å²) >= 11 is 5.98. The van der Waals surface area contributed by atoms with Gasteiger partial charge in [0.25, 0.3) is 0 Å². The molecule has 0 saturated carbocycles. The van der Waals surface area contributed by atoms with Gasteiger partial charge in [0.2, 0.25) is 46.7 Å². The number of aromatic nitrogens is 3. The summed E-state index contributed by atoms with van der Waals surface area (Å²) < 4.78 is 74.1. The number of halogens is 1. The minimum atomic E-state index is -2.30. The second kappa shape index (κ2) is 46.9. The van der Waals surface area contributed by atoms with Gasteiger partial charge in [0, 0.05) is 105 Å². The maximum Gasteiger partial charge on any atom is 0.411 e. The summed E-state index contributed by atoms with van der Waals surface area (Å²) in [5.41, 5.74) is 12.4. The van der Waals surface area contributed by atoms with Crippen LogP contribution in [0.15, 0.2) is 35.1 Å². The SMILES string of the molecule is CCN(C(C)=O)C1COC(OC2C(O[C@H]3C#C/C=C\C#C[C@]4(O)CC(=O)C(NC(=O)OC)=C3/C4=C\CSSC(C)(C)CC(=O)NNC(=O)[C@H](C)CC(=O)[C@H](CC(N)=O)NC(=O)CCCn3nnc(CSC)c3CSC)OC(C)C(NOC3CC(O)C(SC(=O)c4c(C)c(I)c(OC5OC(C)C(O)C(OC)C5O)c(OC)c4OC)C(C)O3)C2O)CC1OC. The smallest absolute Gasteiger partial charge is 0.411 e. The Kier molecular flexibility index (Phi) is 38.8. The average Bonchev–Trinajstić information content (AvgIpc) is 0.777. The number of aliphatic hydroxyl groups excluding tert-OH is 4. The number of nitrogens with one attached hydrogen (secondary N) is 5. The Labute approximate surface area is 742 Å². The number of carbonyl (C=O) groups is 9. The maximum absolute atomic E-state index is 14.6. The summed E-state index contributed by atoms with van der Waals surface area (Å²) in [6, 6.07) is -3.12. The number of hydrazine groups is 1. The molecule has 676 valence electrons. The maximum atomic E-state index is 14.6. The Bertz CT molecular complexity index is 4280. The van der Waals surface area contributed by atoms with Crippen LogP contribution in [0.2, 0.25) is 0 Å². The summed E-state index contributed by atoms with van der Waals surface area (Å²) in [6.07, 6.45) is -13.5. The van der Waals surface area contributed by atoms with Crippen LogP contribution in [0.3, 0.4) is 0 Å². The Morgan fingerprint density at radius 1 is 0.861 bits per heavy atom. The van der Waals surface area contributed by atoms with Crippen LogP contribution in [0, 0.1) is 40.1 Å². The van der Waals surface area contributed by atoms with Crippen LogP contribution in [0.1, 0.15) is 134 Å². The molecular formula is C79H111IN10O27S5. The monoisotopic (exact) mass is 1920 g/mol. The zero-order chi connectivity index (χ0) is 89.8. The Morgan fingerprint density at radius 2 is 1.57 bits per heavy atom. The summed E-state index contributed by atoms with van der Waals surface area (Å²) in [4.78, 5) is 129. The first-order valence-corrected chi connectivity index (χ1v) is 46.3. The number of ether oxygens (including phenoxy) is 12. The van der Waals surface area contributed by atoms with Gasteiger partial charge in [-0.2, -0.15) is 29.0 Å². The van der Waals surface area contributed by atoms with Crippen LogP contribution in [0.5, 0.6) is 17.2 Å². The minimum absolute atomic E-state index is 0.00456. The van der Waals surface area contributed by atoms with E-state index >= 15 is 0 Å². The number of hydroxylamine groups is 1. The first-order valence-electron chi connectivity index (χ1n) is 39.2. The number of fused-ring (bicyclic) bond motifs is 2. The number of nitrogens with zero attached hydrogens (tertiary/aromatic N) is 4. The molecule has 0 radical (unpaired) electrons. The van der Waals surface area contributed by atoms with Gasteiger partial charge in [-0.3, -0.25) is 59.4 Å². The molecular weight excluding hydrogens is 1810 g/mol. The molecule has 4 aliphatic heterocycles. The third-order valence-electron chi connectivity index (χ3n) is 20.8. The summed E-state index contributed by atoms with van der Waals surface area (Å²) in [7, 11) is 8.98. The summed E-state index contributed by atoms with van der Waals surface area (Å²) in [6.45, 7) is 15.2. The lowest BCUT2D eigenvalue weighted by Crippen LogP contribution is -2.65. The minimum Gasteiger partial charge on any atom is -0.492 e. The molecule has 2 aromatic rings. The average molecular weight is 1920 g/mol. The lowest BCUT2D eigenvalue weighted by atomic mass is 9.75. The second-order valence-electron chi connectivity index (χ2n) is 30.1.